The van der Waals surface area contributed by atoms with Gasteiger partial charge in [0.05, 0.1) is 28.7 Å². The summed E-state index contributed by atoms with van der Waals surface area (Å²) in [7, 11) is -4.13. The summed E-state index contributed by atoms with van der Waals surface area (Å²) in [5.74, 6) is -0.742. The number of hydrazone groups is 1. The van der Waals surface area contributed by atoms with E-state index in [4.69, 9.17) is 16.3 Å². The van der Waals surface area contributed by atoms with Crippen molar-refractivity contribution in [3.8, 4) is 5.75 Å². The SMILES string of the molecule is CS(=O)(=O)N(CC(=O)N/N=C\c1ccc(OCC(=O)NCCc2ccccc2)cc1)c1ccc(Cl)c(C(F)(F)F)c1. The lowest BCUT2D eigenvalue weighted by molar-refractivity contribution is -0.137. The molecule has 0 radical (unpaired) electrons. The Labute approximate surface area is 240 Å². The number of halogens is 4. The second kappa shape index (κ2) is 14.0. The minimum atomic E-state index is -4.82. The molecule has 2 amide bonds. The Hall–Kier alpha value is -4.10. The van der Waals surface area contributed by atoms with E-state index in [-0.39, 0.29) is 18.2 Å². The average Bonchev–Trinajstić information content (AvgIpc) is 2.91. The van der Waals surface area contributed by atoms with Crippen LogP contribution in [0.3, 0.4) is 0 Å². The first-order valence-electron chi connectivity index (χ1n) is 12.0. The van der Waals surface area contributed by atoms with Gasteiger partial charge in [-0.1, -0.05) is 41.9 Å². The molecule has 0 unspecified atom stereocenters. The Morgan fingerprint density at radius 1 is 1.02 bits per heavy atom. The Bertz CT molecular complexity index is 1490. The van der Waals surface area contributed by atoms with E-state index < -0.39 is 39.2 Å². The largest absolute Gasteiger partial charge is 0.484 e. The predicted octanol–water partition coefficient (Wildman–Crippen LogP) is 4.01. The van der Waals surface area contributed by atoms with Gasteiger partial charge in [0, 0.05) is 6.54 Å². The smallest absolute Gasteiger partial charge is 0.417 e. The van der Waals surface area contributed by atoms with Gasteiger partial charge in [0.25, 0.3) is 11.8 Å². The van der Waals surface area contributed by atoms with Crippen LogP contribution in [0.15, 0.2) is 77.9 Å². The molecule has 0 atom stereocenters. The van der Waals surface area contributed by atoms with E-state index in [2.05, 4.69) is 15.8 Å². The molecule has 0 aromatic heterocycles. The van der Waals surface area contributed by atoms with Crippen molar-refractivity contribution in [1.82, 2.24) is 10.7 Å². The van der Waals surface area contributed by atoms with Gasteiger partial charge in [0.15, 0.2) is 6.61 Å². The fourth-order valence-electron chi connectivity index (χ4n) is 3.47. The van der Waals surface area contributed by atoms with Gasteiger partial charge in [-0.15, -0.1) is 0 Å². The van der Waals surface area contributed by atoms with Crippen molar-refractivity contribution < 1.29 is 35.9 Å². The number of anilines is 1. The highest BCUT2D eigenvalue weighted by molar-refractivity contribution is 7.92. The van der Waals surface area contributed by atoms with Gasteiger partial charge in [-0.25, -0.2) is 13.8 Å². The number of sulfonamides is 1. The fraction of sp³-hybridized carbons (Fsp3) is 0.222. The van der Waals surface area contributed by atoms with Gasteiger partial charge < -0.3 is 10.1 Å². The number of hydrogen-bond donors (Lipinski definition) is 2. The number of alkyl halides is 3. The maximum Gasteiger partial charge on any atom is 0.417 e. The molecule has 3 aromatic rings. The zero-order chi connectivity index (χ0) is 30.0. The molecule has 0 bridgehead atoms. The topological polar surface area (TPSA) is 117 Å². The van der Waals surface area contributed by atoms with Crippen molar-refractivity contribution in [2.75, 3.05) is 30.3 Å². The van der Waals surface area contributed by atoms with Crippen LogP contribution in [0.5, 0.6) is 5.75 Å². The highest BCUT2D eigenvalue weighted by Crippen LogP contribution is 2.37. The molecule has 0 saturated carbocycles. The fourth-order valence-corrected chi connectivity index (χ4v) is 4.54. The molecule has 0 aliphatic heterocycles. The molecular weight excluding hydrogens is 585 g/mol. The monoisotopic (exact) mass is 610 g/mol. The van der Waals surface area contributed by atoms with Gasteiger partial charge in [-0.05, 0) is 60.0 Å². The minimum absolute atomic E-state index is 0.173. The van der Waals surface area contributed by atoms with E-state index in [1.54, 1.807) is 24.3 Å². The molecule has 41 heavy (non-hydrogen) atoms. The Kier molecular flexibility index (Phi) is 10.7. The van der Waals surface area contributed by atoms with E-state index in [1.807, 2.05) is 30.3 Å². The molecule has 0 aliphatic rings. The number of amides is 2. The average molecular weight is 611 g/mol. The first-order valence-corrected chi connectivity index (χ1v) is 14.3. The van der Waals surface area contributed by atoms with Crippen molar-refractivity contribution >= 4 is 45.3 Å². The van der Waals surface area contributed by atoms with Crippen LogP contribution in [0, 0.1) is 0 Å². The lowest BCUT2D eigenvalue weighted by atomic mass is 10.1. The second-order valence-corrected chi connectivity index (χ2v) is 11.0. The highest BCUT2D eigenvalue weighted by Gasteiger charge is 2.34. The molecule has 0 saturated heterocycles. The molecule has 218 valence electrons. The predicted molar refractivity (Wildman–Crippen MR) is 149 cm³/mol. The summed E-state index contributed by atoms with van der Waals surface area (Å²) >= 11 is 5.60. The Morgan fingerprint density at radius 2 is 1.71 bits per heavy atom. The van der Waals surface area contributed by atoms with Crippen LogP contribution in [-0.4, -0.2) is 52.4 Å². The third kappa shape index (κ3) is 10.1. The van der Waals surface area contributed by atoms with Crippen LogP contribution in [0.2, 0.25) is 5.02 Å². The third-order valence-corrected chi connectivity index (χ3v) is 6.93. The molecule has 3 rings (SSSR count). The lowest BCUT2D eigenvalue weighted by Crippen LogP contribution is -2.39. The van der Waals surface area contributed by atoms with Crippen LogP contribution in [0.4, 0.5) is 18.9 Å². The van der Waals surface area contributed by atoms with Crippen molar-refractivity contribution in [3.63, 3.8) is 0 Å². The lowest BCUT2D eigenvalue weighted by Gasteiger charge is -2.22. The van der Waals surface area contributed by atoms with Gasteiger partial charge in [-0.3, -0.25) is 13.9 Å². The zero-order valence-corrected chi connectivity index (χ0v) is 23.3. The first-order chi connectivity index (χ1) is 19.3. The number of carbonyl (C=O) groups is 2. The van der Waals surface area contributed by atoms with Crippen LogP contribution in [0.25, 0.3) is 0 Å². The summed E-state index contributed by atoms with van der Waals surface area (Å²) < 4.78 is 70.0. The standard InChI is InChI=1S/C27H26ClF3N4O5S/c1-41(38,39)35(21-9-12-24(28)23(15-21)27(29,30)31)17-25(36)34-33-16-20-7-10-22(11-8-20)40-18-26(37)32-14-13-19-5-3-2-4-6-19/h2-12,15-16H,13-14,17-18H2,1H3,(H,32,37)(H,34,36)/b33-16-. The van der Waals surface area contributed by atoms with Crippen LogP contribution >= 0.6 is 11.6 Å². The molecule has 3 aromatic carbocycles. The van der Waals surface area contributed by atoms with Gasteiger partial charge in [-0.2, -0.15) is 18.3 Å². The van der Waals surface area contributed by atoms with E-state index in [1.165, 1.54) is 6.21 Å². The number of rotatable bonds is 12. The normalized spacial score (nSPS) is 11.7. The number of ether oxygens (including phenoxy) is 1. The van der Waals surface area contributed by atoms with Crippen LogP contribution in [-0.2, 0) is 32.2 Å². The van der Waals surface area contributed by atoms with E-state index in [9.17, 15) is 31.2 Å². The van der Waals surface area contributed by atoms with Crippen molar-refractivity contribution in [1.29, 1.82) is 0 Å². The number of nitrogens with zero attached hydrogens (tertiary/aromatic N) is 2. The van der Waals surface area contributed by atoms with E-state index in [0.717, 1.165) is 24.0 Å². The first kappa shape index (κ1) is 31.4. The number of carbonyl (C=O) groups excluding carboxylic acids is 2. The number of hydrogen-bond acceptors (Lipinski definition) is 6. The summed E-state index contributed by atoms with van der Waals surface area (Å²) in [5.41, 5.74) is 2.16. The van der Waals surface area contributed by atoms with Crippen LogP contribution < -0.4 is 19.8 Å². The van der Waals surface area contributed by atoms with E-state index >= 15 is 0 Å². The molecule has 0 spiro atoms. The summed E-state index contributed by atoms with van der Waals surface area (Å²) in [6.07, 6.45) is -2.10. The maximum atomic E-state index is 13.2. The molecule has 2 N–H and O–H groups in total. The van der Waals surface area contributed by atoms with Gasteiger partial charge >= 0.3 is 6.18 Å². The molecule has 0 aliphatic carbocycles. The molecule has 0 heterocycles. The highest BCUT2D eigenvalue weighted by atomic mass is 35.5. The summed E-state index contributed by atoms with van der Waals surface area (Å²) in [6.45, 7) is -0.522. The van der Waals surface area contributed by atoms with E-state index in [0.29, 0.717) is 34.7 Å². The van der Waals surface area contributed by atoms with Crippen LogP contribution in [0.1, 0.15) is 16.7 Å². The summed E-state index contributed by atoms with van der Waals surface area (Å²) in [6, 6.07) is 18.6. The molecule has 9 nitrogen and oxygen atoms in total. The maximum absolute atomic E-state index is 13.2. The molecule has 14 heteroatoms. The quantitative estimate of drug-likeness (QED) is 0.237. The zero-order valence-electron chi connectivity index (χ0n) is 21.7. The number of nitrogens with one attached hydrogen (secondary N) is 2. The van der Waals surface area contributed by atoms with Gasteiger partial charge in [0.1, 0.15) is 12.3 Å². The number of benzene rings is 3. The Balaban J connectivity index is 1.50. The summed E-state index contributed by atoms with van der Waals surface area (Å²) in [4.78, 5) is 24.3. The molecule has 0 fully saturated rings. The third-order valence-electron chi connectivity index (χ3n) is 5.46. The van der Waals surface area contributed by atoms with Crippen molar-refractivity contribution in [2.45, 2.75) is 12.6 Å². The van der Waals surface area contributed by atoms with Crippen molar-refractivity contribution in [3.05, 3.63) is 94.5 Å². The van der Waals surface area contributed by atoms with Crippen molar-refractivity contribution in [2.24, 2.45) is 5.10 Å². The Morgan fingerprint density at radius 3 is 2.34 bits per heavy atom. The second-order valence-electron chi connectivity index (χ2n) is 8.67. The molecular formula is C27H26ClF3N4O5S. The minimum Gasteiger partial charge on any atom is -0.484 e. The van der Waals surface area contributed by atoms with Gasteiger partial charge in [0.2, 0.25) is 10.0 Å². The summed E-state index contributed by atoms with van der Waals surface area (Å²) in [5, 5.41) is 5.92.